The third-order valence-corrected chi connectivity index (χ3v) is 6.28. The number of hydrogen-bond donors (Lipinski definition) is 1. The largest absolute Gasteiger partial charge is 0.491 e. The second kappa shape index (κ2) is 11.5. The van der Waals surface area contributed by atoms with Gasteiger partial charge in [-0.25, -0.2) is 17.5 Å². The van der Waals surface area contributed by atoms with Crippen LogP contribution in [0.4, 0.5) is 4.39 Å². The molecular weight excluding hydrogens is 357 g/mol. The average molecular weight is 390 g/mol. The van der Waals surface area contributed by atoms with Gasteiger partial charge in [0.2, 0.25) is 10.0 Å². The van der Waals surface area contributed by atoms with Crippen molar-refractivity contribution < 1.29 is 22.3 Å². The number of halogens is 1. The monoisotopic (exact) mass is 389 g/mol. The van der Waals surface area contributed by atoms with Crippen LogP contribution in [-0.4, -0.2) is 40.0 Å². The van der Waals surface area contributed by atoms with Gasteiger partial charge in [-0.15, -0.1) is 0 Å². The van der Waals surface area contributed by atoms with E-state index in [4.69, 9.17) is 9.47 Å². The molecule has 0 aromatic heterocycles. The van der Waals surface area contributed by atoms with Crippen molar-refractivity contribution in [3.05, 3.63) is 36.4 Å². The molecule has 0 atom stereocenters. The first-order valence-electron chi connectivity index (χ1n) is 9.18. The number of hydrogen-bond acceptors (Lipinski definition) is 4. The van der Waals surface area contributed by atoms with Crippen LogP contribution in [0.25, 0.3) is 0 Å². The van der Waals surface area contributed by atoms with Gasteiger partial charge in [0.15, 0.2) is 0 Å². The fraction of sp³-hybridized carbons (Fsp3) is 0.684. The fourth-order valence-corrected chi connectivity index (χ4v) is 4.27. The highest BCUT2D eigenvalue weighted by atomic mass is 32.2. The smallest absolute Gasteiger partial charge is 0.214 e. The molecule has 0 aromatic rings. The Bertz CT molecular complexity index is 593. The molecule has 0 radical (unpaired) electrons. The Kier molecular flexibility index (Phi) is 10.1. The maximum Gasteiger partial charge on any atom is 0.214 e. The molecule has 26 heavy (non-hydrogen) atoms. The maximum atomic E-state index is 13.0. The van der Waals surface area contributed by atoms with Crippen LogP contribution in [0.2, 0.25) is 0 Å². The summed E-state index contributed by atoms with van der Waals surface area (Å²) in [6.07, 6.45) is 5.74. The Hall–Kier alpha value is -1.18. The number of sulfonamides is 1. The summed E-state index contributed by atoms with van der Waals surface area (Å²) in [6.45, 7) is 12.0. The zero-order valence-corrected chi connectivity index (χ0v) is 16.7. The Labute approximate surface area is 157 Å². The van der Waals surface area contributed by atoms with Gasteiger partial charge in [0.1, 0.15) is 18.2 Å². The lowest BCUT2D eigenvalue weighted by atomic mass is 10.0. The first-order valence-corrected chi connectivity index (χ1v) is 10.7. The lowest BCUT2D eigenvalue weighted by Crippen LogP contribution is -2.37. The number of rotatable bonds is 12. The molecule has 1 aliphatic rings. The lowest BCUT2D eigenvalue weighted by molar-refractivity contribution is 0.0800. The van der Waals surface area contributed by atoms with Gasteiger partial charge in [0, 0.05) is 12.6 Å². The molecule has 1 aliphatic carbocycles. The second-order valence-corrected chi connectivity index (χ2v) is 8.84. The first-order chi connectivity index (χ1) is 12.2. The maximum absolute atomic E-state index is 13.0. The highest BCUT2D eigenvalue weighted by Gasteiger charge is 2.26. The minimum atomic E-state index is -3.26. The van der Waals surface area contributed by atoms with E-state index in [0.717, 1.165) is 32.1 Å². The van der Waals surface area contributed by atoms with Crippen molar-refractivity contribution in [2.24, 2.45) is 5.92 Å². The Morgan fingerprint density at radius 1 is 1.19 bits per heavy atom. The van der Waals surface area contributed by atoms with Crippen molar-refractivity contribution in [2.45, 2.75) is 51.2 Å². The van der Waals surface area contributed by atoms with Gasteiger partial charge in [-0.05, 0) is 24.3 Å². The molecule has 0 amide bonds. The predicted octanol–water partition coefficient (Wildman–Crippen LogP) is 3.85. The summed E-state index contributed by atoms with van der Waals surface area (Å²) in [7, 11) is -3.26. The molecule has 5 nitrogen and oxygen atoms in total. The van der Waals surface area contributed by atoms with Gasteiger partial charge in [-0.3, -0.25) is 0 Å². The van der Waals surface area contributed by atoms with E-state index in [1.807, 2.05) is 13.8 Å². The summed E-state index contributed by atoms with van der Waals surface area (Å²) in [5.74, 6) is -0.121. The van der Waals surface area contributed by atoms with Crippen LogP contribution in [0.3, 0.4) is 0 Å². The van der Waals surface area contributed by atoms with Crippen LogP contribution in [0, 0.1) is 5.92 Å². The molecule has 7 heteroatoms. The van der Waals surface area contributed by atoms with Gasteiger partial charge < -0.3 is 9.47 Å². The Balaban J connectivity index is 2.25. The van der Waals surface area contributed by atoms with Crippen molar-refractivity contribution in [3.8, 4) is 0 Å². The average Bonchev–Trinajstić information content (AvgIpc) is 2.59. The lowest BCUT2D eigenvalue weighted by Gasteiger charge is -2.22. The quantitative estimate of drug-likeness (QED) is 0.313. The van der Waals surface area contributed by atoms with E-state index in [-0.39, 0.29) is 37.5 Å². The molecule has 150 valence electrons. The highest BCUT2D eigenvalue weighted by Crippen LogP contribution is 2.23. The van der Waals surface area contributed by atoms with Crippen LogP contribution in [0.15, 0.2) is 36.4 Å². The summed E-state index contributed by atoms with van der Waals surface area (Å²) >= 11 is 0. The van der Waals surface area contributed by atoms with Crippen molar-refractivity contribution in [1.82, 2.24) is 4.72 Å². The van der Waals surface area contributed by atoms with Gasteiger partial charge in [-0.1, -0.05) is 46.3 Å². The Morgan fingerprint density at radius 3 is 2.42 bits per heavy atom. The van der Waals surface area contributed by atoms with Gasteiger partial charge in [-0.2, -0.15) is 0 Å². The molecule has 0 aliphatic heterocycles. The molecule has 1 saturated carbocycles. The van der Waals surface area contributed by atoms with Crippen molar-refractivity contribution in [2.75, 3.05) is 26.4 Å². The van der Waals surface area contributed by atoms with E-state index in [1.54, 1.807) is 0 Å². The fourth-order valence-electron chi connectivity index (χ4n) is 2.72. The minimum Gasteiger partial charge on any atom is -0.491 e. The van der Waals surface area contributed by atoms with E-state index in [1.165, 1.54) is 6.08 Å². The molecule has 0 saturated heterocycles. The summed E-state index contributed by atoms with van der Waals surface area (Å²) < 4.78 is 50.8. The molecule has 0 bridgehead atoms. The molecule has 1 fully saturated rings. The third-order valence-electron chi connectivity index (χ3n) is 4.33. The van der Waals surface area contributed by atoms with E-state index < -0.39 is 15.9 Å². The topological polar surface area (TPSA) is 64.6 Å². The normalized spacial score (nSPS) is 16.7. The zero-order chi connectivity index (χ0) is 19.6. The second-order valence-electron chi connectivity index (χ2n) is 6.80. The van der Waals surface area contributed by atoms with Crippen LogP contribution < -0.4 is 4.72 Å². The van der Waals surface area contributed by atoms with Crippen molar-refractivity contribution in [1.29, 1.82) is 0 Å². The first kappa shape index (κ1) is 22.9. The van der Waals surface area contributed by atoms with Gasteiger partial charge in [0.25, 0.3) is 0 Å². The van der Waals surface area contributed by atoms with Crippen molar-refractivity contribution in [3.63, 3.8) is 0 Å². The third kappa shape index (κ3) is 8.47. The molecule has 1 N–H and O–H groups in total. The summed E-state index contributed by atoms with van der Waals surface area (Å²) in [5.41, 5.74) is 0.684. The van der Waals surface area contributed by atoms with Crippen LogP contribution >= 0.6 is 0 Å². The van der Waals surface area contributed by atoms with E-state index in [2.05, 4.69) is 17.9 Å². The van der Waals surface area contributed by atoms with E-state index >= 15 is 0 Å². The van der Waals surface area contributed by atoms with E-state index in [0.29, 0.717) is 11.3 Å². The van der Waals surface area contributed by atoms with Gasteiger partial charge in [0.05, 0.1) is 18.5 Å². The molecule has 1 rings (SSSR count). The summed E-state index contributed by atoms with van der Waals surface area (Å²) in [4.78, 5) is 0. The highest BCUT2D eigenvalue weighted by molar-refractivity contribution is 7.90. The zero-order valence-electron chi connectivity index (χ0n) is 15.9. The standard InChI is InChI=1S/C19H32FNO4S/c1-15(2)17(4)19(14-16(3)20)25-13-12-24-11-10-21-26(22,23)18-8-6-5-7-9-18/h14-15,18,21H,3-13H2,1-2H3/b19-14+. The molecule has 0 aromatic carbocycles. The molecule has 0 heterocycles. The number of nitrogens with one attached hydrogen (secondary N) is 1. The molecule has 0 unspecified atom stereocenters. The number of ether oxygens (including phenoxy) is 2. The molecular formula is C19H32FNO4S. The number of allylic oxidation sites excluding steroid dienone is 3. The summed E-state index contributed by atoms with van der Waals surface area (Å²) in [5, 5.41) is -0.275. The van der Waals surface area contributed by atoms with Crippen molar-refractivity contribution >= 4 is 10.0 Å². The predicted molar refractivity (Wildman–Crippen MR) is 103 cm³/mol. The Morgan fingerprint density at radius 2 is 1.85 bits per heavy atom. The van der Waals surface area contributed by atoms with E-state index in [9.17, 15) is 12.8 Å². The van der Waals surface area contributed by atoms with Crippen LogP contribution in [-0.2, 0) is 19.5 Å². The van der Waals surface area contributed by atoms with Crippen LogP contribution in [0.5, 0.6) is 0 Å². The van der Waals surface area contributed by atoms with Gasteiger partial charge >= 0.3 is 0 Å². The van der Waals surface area contributed by atoms with Crippen LogP contribution in [0.1, 0.15) is 46.0 Å². The summed E-state index contributed by atoms with van der Waals surface area (Å²) in [6, 6.07) is 0. The minimum absolute atomic E-state index is 0.121. The molecule has 0 spiro atoms. The SMILES string of the molecule is C=C(F)/C=C(/OCCOCCNS(=O)(=O)C1CCCCC1)C(=C)C(C)C.